The number of hydrogen-bond donors (Lipinski definition) is 0. The van der Waals surface area contributed by atoms with Crippen molar-refractivity contribution in [1.82, 2.24) is 14.8 Å². The van der Waals surface area contributed by atoms with E-state index in [2.05, 4.69) is 0 Å². The maximum Gasteiger partial charge on any atom is 0.409 e. The molecule has 174 valence electrons. The third-order valence-electron chi connectivity index (χ3n) is 6.06. The third-order valence-corrected chi connectivity index (χ3v) is 6.06. The van der Waals surface area contributed by atoms with E-state index in [0.29, 0.717) is 39.2 Å². The van der Waals surface area contributed by atoms with Crippen LogP contribution >= 0.6 is 0 Å². The molecule has 1 fully saturated rings. The van der Waals surface area contributed by atoms with E-state index in [1.807, 2.05) is 36.1 Å². The van der Waals surface area contributed by atoms with Gasteiger partial charge in [0.15, 0.2) is 0 Å². The maximum atomic E-state index is 13.5. The lowest BCUT2D eigenvalue weighted by atomic mass is 9.98. The van der Waals surface area contributed by atoms with Gasteiger partial charge in [0.25, 0.3) is 5.91 Å². The monoisotopic (exact) mass is 452 g/mol. The third kappa shape index (κ3) is 5.39. The number of benzene rings is 2. The lowest BCUT2D eigenvalue weighted by Gasteiger charge is -2.34. The molecule has 2 aliphatic rings. The normalized spacial score (nSPS) is 18.9. The van der Waals surface area contributed by atoms with Gasteiger partial charge in [-0.3, -0.25) is 9.69 Å². The predicted octanol–water partition coefficient (Wildman–Crippen LogP) is 3.59. The van der Waals surface area contributed by atoms with Gasteiger partial charge >= 0.3 is 6.09 Å². The number of carbonyl (C=O) groups excluding carboxylic acids is 2. The van der Waals surface area contributed by atoms with E-state index in [4.69, 9.17) is 9.84 Å². The van der Waals surface area contributed by atoms with E-state index in [1.54, 1.807) is 29.0 Å². The number of amides is 2. The summed E-state index contributed by atoms with van der Waals surface area (Å²) >= 11 is 0. The number of hydrazone groups is 1. The van der Waals surface area contributed by atoms with Crippen molar-refractivity contribution in [3.63, 3.8) is 0 Å². The second-order valence-corrected chi connectivity index (χ2v) is 8.38. The molecule has 1 atom stereocenters. The van der Waals surface area contributed by atoms with E-state index < -0.39 is 0 Å². The van der Waals surface area contributed by atoms with Crippen molar-refractivity contribution in [1.29, 1.82) is 0 Å². The first-order valence-corrected chi connectivity index (χ1v) is 11.3. The summed E-state index contributed by atoms with van der Waals surface area (Å²) in [5, 5.41) is 6.24. The van der Waals surface area contributed by atoms with Gasteiger partial charge in [-0.05, 0) is 37.1 Å². The van der Waals surface area contributed by atoms with Crippen molar-refractivity contribution < 1.29 is 18.7 Å². The van der Waals surface area contributed by atoms with Gasteiger partial charge in [0.2, 0.25) is 0 Å². The van der Waals surface area contributed by atoms with Crippen LogP contribution in [-0.2, 0) is 9.53 Å². The molecule has 0 radical (unpaired) electrons. The highest BCUT2D eigenvalue weighted by Crippen LogP contribution is 2.33. The summed E-state index contributed by atoms with van der Waals surface area (Å²) in [6, 6.07) is 14.0. The summed E-state index contributed by atoms with van der Waals surface area (Å²) in [7, 11) is 0. The molecule has 2 amide bonds. The molecule has 0 aliphatic carbocycles. The van der Waals surface area contributed by atoms with Crippen LogP contribution in [0.3, 0.4) is 0 Å². The van der Waals surface area contributed by atoms with Gasteiger partial charge < -0.3 is 9.64 Å². The molecule has 2 heterocycles. The minimum Gasteiger partial charge on any atom is -0.450 e. The van der Waals surface area contributed by atoms with Crippen LogP contribution in [0, 0.1) is 12.7 Å². The summed E-state index contributed by atoms with van der Waals surface area (Å²) in [6.45, 7) is 6.58. The fourth-order valence-corrected chi connectivity index (χ4v) is 4.17. The van der Waals surface area contributed by atoms with E-state index in [0.717, 1.165) is 22.4 Å². The van der Waals surface area contributed by atoms with Gasteiger partial charge in [-0.25, -0.2) is 14.2 Å². The number of ether oxygens (including phenoxy) is 1. The molecular formula is C25H29FN4O3. The molecule has 0 aromatic heterocycles. The van der Waals surface area contributed by atoms with E-state index in [9.17, 15) is 14.0 Å². The molecule has 1 saturated heterocycles. The smallest absolute Gasteiger partial charge is 0.409 e. The molecule has 2 aliphatic heterocycles. The average molecular weight is 453 g/mol. The van der Waals surface area contributed by atoms with Crippen LogP contribution in [0.4, 0.5) is 9.18 Å². The van der Waals surface area contributed by atoms with Crippen LogP contribution < -0.4 is 0 Å². The Balaban J connectivity index is 1.48. The summed E-state index contributed by atoms with van der Waals surface area (Å²) in [5.41, 5.74) is 3.82. The molecule has 7 nitrogen and oxygen atoms in total. The number of nitrogens with zero attached hydrogens (tertiary/aromatic N) is 4. The number of aryl methyl sites for hydroxylation is 1. The Bertz CT molecular complexity index is 1010. The highest BCUT2D eigenvalue weighted by molar-refractivity contribution is 6.03. The molecule has 1 unspecified atom stereocenters. The van der Waals surface area contributed by atoms with Gasteiger partial charge in [-0.2, -0.15) is 5.10 Å². The van der Waals surface area contributed by atoms with Crippen molar-refractivity contribution in [3.05, 3.63) is 71.0 Å². The van der Waals surface area contributed by atoms with Gasteiger partial charge in [0.1, 0.15) is 5.82 Å². The Labute approximate surface area is 193 Å². The molecule has 2 aromatic rings. The highest BCUT2D eigenvalue weighted by Gasteiger charge is 2.34. The fraction of sp³-hybridized carbons (Fsp3) is 0.400. The summed E-state index contributed by atoms with van der Waals surface area (Å²) < 4.78 is 18.6. The number of carbonyl (C=O) groups is 2. The SMILES string of the molecule is CCOC(=O)N1CCN(CC(=O)N2N=C(c3ccc(C)cc3)CC2c2ccc(F)cc2)CC1. The molecule has 8 heteroatoms. The highest BCUT2D eigenvalue weighted by atomic mass is 19.1. The molecule has 4 rings (SSSR count). The maximum absolute atomic E-state index is 13.5. The number of halogens is 1. The Morgan fingerprint density at radius 3 is 2.33 bits per heavy atom. The lowest BCUT2D eigenvalue weighted by molar-refractivity contribution is -0.134. The Kier molecular flexibility index (Phi) is 7.03. The number of rotatable bonds is 5. The number of hydrogen-bond acceptors (Lipinski definition) is 5. The van der Waals surface area contributed by atoms with Crippen molar-refractivity contribution >= 4 is 17.7 Å². The van der Waals surface area contributed by atoms with Crippen LogP contribution in [-0.4, -0.2) is 71.9 Å². The largest absolute Gasteiger partial charge is 0.450 e. The first-order valence-electron chi connectivity index (χ1n) is 11.3. The zero-order valence-corrected chi connectivity index (χ0v) is 19.0. The molecule has 0 spiro atoms. The first kappa shape index (κ1) is 22.9. The minimum absolute atomic E-state index is 0.115. The molecule has 33 heavy (non-hydrogen) atoms. The molecule has 0 bridgehead atoms. The molecule has 0 N–H and O–H groups in total. The van der Waals surface area contributed by atoms with Crippen molar-refractivity contribution in [2.45, 2.75) is 26.3 Å². The summed E-state index contributed by atoms with van der Waals surface area (Å²) in [5.74, 6) is -0.426. The molecule has 2 aromatic carbocycles. The fourth-order valence-electron chi connectivity index (χ4n) is 4.17. The van der Waals surface area contributed by atoms with Crippen LogP contribution in [0.5, 0.6) is 0 Å². The minimum atomic E-state index is -0.313. The Hall–Kier alpha value is -3.26. The van der Waals surface area contributed by atoms with Gasteiger partial charge in [-0.1, -0.05) is 42.0 Å². The van der Waals surface area contributed by atoms with E-state index in [1.165, 1.54) is 12.1 Å². The zero-order valence-electron chi connectivity index (χ0n) is 19.0. The second-order valence-electron chi connectivity index (χ2n) is 8.38. The topological polar surface area (TPSA) is 65.5 Å². The van der Waals surface area contributed by atoms with Gasteiger partial charge in [-0.15, -0.1) is 0 Å². The van der Waals surface area contributed by atoms with Crippen molar-refractivity contribution in [2.75, 3.05) is 39.3 Å². The Morgan fingerprint density at radius 1 is 1.03 bits per heavy atom. The standard InChI is InChI=1S/C25H29FN4O3/c1-3-33-25(32)29-14-12-28(13-15-29)17-24(31)30-23(20-8-10-21(26)11-9-20)16-22(27-30)19-6-4-18(2)5-7-19/h4-11,23H,3,12-17H2,1-2H3. The Morgan fingerprint density at radius 2 is 1.70 bits per heavy atom. The first-order chi connectivity index (χ1) is 15.9. The van der Waals surface area contributed by atoms with Crippen LogP contribution in [0.2, 0.25) is 0 Å². The zero-order chi connectivity index (χ0) is 23.4. The van der Waals surface area contributed by atoms with Crippen molar-refractivity contribution in [3.8, 4) is 0 Å². The molecule has 0 saturated carbocycles. The number of piperazine rings is 1. The predicted molar refractivity (Wildman–Crippen MR) is 123 cm³/mol. The van der Waals surface area contributed by atoms with Crippen LogP contribution in [0.1, 0.15) is 36.1 Å². The van der Waals surface area contributed by atoms with Crippen LogP contribution in [0.15, 0.2) is 53.6 Å². The quantitative estimate of drug-likeness (QED) is 0.696. The second kappa shape index (κ2) is 10.1. The molecular weight excluding hydrogens is 423 g/mol. The summed E-state index contributed by atoms with van der Waals surface area (Å²) in [6.07, 6.45) is 0.253. The van der Waals surface area contributed by atoms with E-state index >= 15 is 0 Å². The lowest BCUT2D eigenvalue weighted by Crippen LogP contribution is -2.51. The van der Waals surface area contributed by atoms with Gasteiger partial charge in [0.05, 0.1) is 24.9 Å². The van der Waals surface area contributed by atoms with Crippen molar-refractivity contribution in [2.24, 2.45) is 5.10 Å². The summed E-state index contributed by atoms with van der Waals surface area (Å²) in [4.78, 5) is 28.9. The average Bonchev–Trinajstić information content (AvgIpc) is 3.26. The van der Waals surface area contributed by atoms with E-state index in [-0.39, 0.29) is 30.4 Å². The van der Waals surface area contributed by atoms with Gasteiger partial charge in [0, 0.05) is 32.6 Å². The van der Waals surface area contributed by atoms with Crippen LogP contribution in [0.25, 0.3) is 0 Å².